The van der Waals surface area contributed by atoms with Crippen molar-refractivity contribution < 1.29 is 23.5 Å². The first kappa shape index (κ1) is 19.0. The molecule has 1 heterocycles. The molecule has 3 rings (SSSR count). The zero-order valence-corrected chi connectivity index (χ0v) is 14.8. The lowest BCUT2D eigenvalue weighted by Crippen LogP contribution is -2.34. The van der Waals surface area contributed by atoms with E-state index in [1.54, 1.807) is 24.3 Å². The van der Waals surface area contributed by atoms with Gasteiger partial charge in [0.05, 0.1) is 18.2 Å². The van der Waals surface area contributed by atoms with E-state index in [9.17, 15) is 23.5 Å². The lowest BCUT2D eigenvalue weighted by molar-refractivity contribution is -0.121. The maximum atomic E-state index is 14.7. The number of anilines is 1. The van der Waals surface area contributed by atoms with E-state index in [4.69, 9.17) is 0 Å². The molecule has 0 saturated carbocycles. The van der Waals surface area contributed by atoms with Crippen LogP contribution in [-0.4, -0.2) is 30.0 Å². The van der Waals surface area contributed by atoms with Gasteiger partial charge >= 0.3 is 0 Å². The van der Waals surface area contributed by atoms with Crippen molar-refractivity contribution in [2.75, 3.05) is 18.0 Å². The molecule has 1 atom stereocenters. The number of nitrogens with one attached hydrogen (secondary N) is 1. The van der Waals surface area contributed by atoms with Crippen molar-refractivity contribution in [2.24, 2.45) is 5.92 Å². The van der Waals surface area contributed by atoms with Gasteiger partial charge in [0.15, 0.2) is 11.6 Å². The molecule has 0 unspecified atom stereocenters. The Morgan fingerprint density at radius 1 is 1.19 bits per heavy atom. The Labute approximate surface area is 155 Å². The van der Waals surface area contributed by atoms with E-state index < -0.39 is 17.6 Å². The van der Waals surface area contributed by atoms with Crippen LogP contribution in [0.5, 0.6) is 0 Å². The molecule has 1 aliphatic rings. The summed E-state index contributed by atoms with van der Waals surface area (Å²) in [6.07, 6.45) is 0.454. The van der Waals surface area contributed by atoms with Crippen LogP contribution >= 0.6 is 0 Å². The quantitative estimate of drug-likeness (QED) is 0.845. The Bertz CT molecular complexity index is 886. The monoisotopic (exact) mass is 374 g/mol. The standard InChI is InChI=1S/C20H20F2N2O3/c1-12(26)23-10-13-8-9-24(20(13)27)17-7-6-16(18(21)19(17)22)15-5-3-2-4-14(15)11-25/h2-7,13,25H,8-11H2,1H3,(H,23,26)/t13-/m0/s1. The number of aliphatic hydroxyl groups is 1. The van der Waals surface area contributed by atoms with E-state index in [0.29, 0.717) is 17.5 Å². The first-order valence-corrected chi connectivity index (χ1v) is 8.67. The van der Waals surface area contributed by atoms with Crippen LogP contribution in [0.2, 0.25) is 0 Å². The molecule has 2 amide bonds. The van der Waals surface area contributed by atoms with Crippen molar-refractivity contribution in [3.05, 3.63) is 53.6 Å². The zero-order valence-electron chi connectivity index (χ0n) is 14.8. The van der Waals surface area contributed by atoms with Gasteiger partial charge in [-0.3, -0.25) is 9.59 Å². The van der Waals surface area contributed by atoms with Gasteiger partial charge in [-0.25, -0.2) is 8.78 Å². The highest BCUT2D eigenvalue weighted by Gasteiger charge is 2.34. The van der Waals surface area contributed by atoms with Crippen molar-refractivity contribution in [1.29, 1.82) is 0 Å². The number of nitrogens with zero attached hydrogens (tertiary/aromatic N) is 1. The summed E-state index contributed by atoms with van der Waals surface area (Å²) >= 11 is 0. The largest absolute Gasteiger partial charge is 0.392 e. The van der Waals surface area contributed by atoms with Crippen LogP contribution in [0.15, 0.2) is 36.4 Å². The summed E-state index contributed by atoms with van der Waals surface area (Å²) in [7, 11) is 0. The van der Waals surface area contributed by atoms with Crippen LogP contribution in [0.1, 0.15) is 18.9 Å². The summed E-state index contributed by atoms with van der Waals surface area (Å²) in [5, 5.41) is 12.0. The Balaban J connectivity index is 1.90. The van der Waals surface area contributed by atoms with Gasteiger partial charge in [-0.1, -0.05) is 24.3 Å². The summed E-state index contributed by atoms with van der Waals surface area (Å²) in [5.41, 5.74) is 0.797. The van der Waals surface area contributed by atoms with Crippen LogP contribution in [0.25, 0.3) is 11.1 Å². The Kier molecular flexibility index (Phi) is 5.51. The predicted octanol–water partition coefficient (Wildman–Crippen LogP) is 2.61. The van der Waals surface area contributed by atoms with Gasteiger partial charge in [0.25, 0.3) is 0 Å². The molecule has 1 saturated heterocycles. The van der Waals surface area contributed by atoms with Crippen molar-refractivity contribution in [1.82, 2.24) is 5.32 Å². The normalized spacial score (nSPS) is 16.7. The highest BCUT2D eigenvalue weighted by molar-refractivity contribution is 5.98. The molecule has 5 nitrogen and oxygen atoms in total. The molecule has 0 aromatic heterocycles. The fourth-order valence-corrected chi connectivity index (χ4v) is 3.31. The number of halogens is 2. The third-order valence-corrected chi connectivity index (χ3v) is 4.74. The molecule has 0 spiro atoms. The fourth-order valence-electron chi connectivity index (χ4n) is 3.31. The third-order valence-electron chi connectivity index (χ3n) is 4.74. The van der Waals surface area contributed by atoms with Crippen LogP contribution in [0, 0.1) is 17.6 Å². The maximum Gasteiger partial charge on any atom is 0.232 e. The van der Waals surface area contributed by atoms with E-state index in [2.05, 4.69) is 5.32 Å². The van der Waals surface area contributed by atoms with Gasteiger partial charge in [-0.2, -0.15) is 0 Å². The second-order valence-corrected chi connectivity index (χ2v) is 6.49. The molecule has 2 N–H and O–H groups in total. The minimum Gasteiger partial charge on any atom is -0.392 e. The van der Waals surface area contributed by atoms with Crippen LogP contribution in [-0.2, 0) is 16.2 Å². The number of carbonyl (C=O) groups is 2. The van der Waals surface area contributed by atoms with E-state index in [1.807, 2.05) is 0 Å². The number of rotatable bonds is 5. The summed E-state index contributed by atoms with van der Waals surface area (Å²) in [4.78, 5) is 24.7. The first-order chi connectivity index (χ1) is 12.9. The van der Waals surface area contributed by atoms with Crippen LogP contribution in [0.3, 0.4) is 0 Å². The van der Waals surface area contributed by atoms with Crippen molar-refractivity contribution in [2.45, 2.75) is 20.0 Å². The van der Waals surface area contributed by atoms with E-state index in [-0.39, 0.29) is 42.8 Å². The van der Waals surface area contributed by atoms with Gasteiger partial charge in [-0.15, -0.1) is 0 Å². The van der Waals surface area contributed by atoms with Crippen LogP contribution in [0.4, 0.5) is 14.5 Å². The molecule has 2 aromatic rings. The van der Waals surface area contributed by atoms with Crippen molar-refractivity contribution >= 4 is 17.5 Å². The average molecular weight is 374 g/mol. The van der Waals surface area contributed by atoms with Gasteiger partial charge in [-0.05, 0) is 29.7 Å². The highest BCUT2D eigenvalue weighted by atomic mass is 19.2. The summed E-state index contributed by atoms with van der Waals surface area (Å²) < 4.78 is 29.5. The van der Waals surface area contributed by atoms with Crippen molar-refractivity contribution in [3.63, 3.8) is 0 Å². The Hall–Kier alpha value is -2.80. The molecule has 1 fully saturated rings. The lowest BCUT2D eigenvalue weighted by Gasteiger charge is -2.19. The number of hydrogen-bond donors (Lipinski definition) is 2. The Morgan fingerprint density at radius 3 is 2.63 bits per heavy atom. The highest BCUT2D eigenvalue weighted by Crippen LogP contribution is 2.34. The second kappa shape index (κ2) is 7.84. The van der Waals surface area contributed by atoms with Gasteiger partial charge in [0.2, 0.25) is 11.8 Å². The molecular weight excluding hydrogens is 354 g/mol. The van der Waals surface area contributed by atoms with Crippen molar-refractivity contribution in [3.8, 4) is 11.1 Å². The second-order valence-electron chi connectivity index (χ2n) is 6.49. The van der Waals surface area contributed by atoms with E-state index in [0.717, 1.165) is 0 Å². The minimum atomic E-state index is -1.10. The molecule has 7 heteroatoms. The lowest BCUT2D eigenvalue weighted by atomic mass is 9.99. The molecule has 142 valence electrons. The fraction of sp³-hybridized carbons (Fsp3) is 0.300. The predicted molar refractivity (Wildman–Crippen MR) is 96.9 cm³/mol. The maximum absolute atomic E-state index is 14.7. The number of benzene rings is 2. The zero-order chi connectivity index (χ0) is 19.6. The van der Waals surface area contributed by atoms with Gasteiger partial charge in [0.1, 0.15) is 0 Å². The number of carbonyl (C=O) groups excluding carboxylic acids is 2. The Morgan fingerprint density at radius 2 is 1.93 bits per heavy atom. The smallest absolute Gasteiger partial charge is 0.232 e. The number of hydrogen-bond acceptors (Lipinski definition) is 3. The summed E-state index contributed by atoms with van der Waals surface area (Å²) in [6.45, 7) is 1.49. The van der Waals surface area contributed by atoms with E-state index >= 15 is 0 Å². The van der Waals surface area contributed by atoms with Gasteiger partial charge < -0.3 is 15.3 Å². The van der Waals surface area contributed by atoms with Gasteiger partial charge in [0, 0.05) is 25.6 Å². The molecular formula is C20H20F2N2O3. The molecule has 0 bridgehead atoms. The molecule has 2 aromatic carbocycles. The topological polar surface area (TPSA) is 69.6 Å². The number of aliphatic hydroxyl groups excluding tert-OH is 1. The first-order valence-electron chi connectivity index (χ1n) is 8.67. The summed E-state index contributed by atoms with van der Waals surface area (Å²) in [5.74, 6) is -3.21. The minimum absolute atomic E-state index is 0.0299. The van der Waals surface area contributed by atoms with E-state index in [1.165, 1.54) is 24.0 Å². The third kappa shape index (κ3) is 3.68. The molecule has 1 aliphatic heterocycles. The number of amides is 2. The average Bonchev–Trinajstić information content (AvgIpc) is 3.02. The molecule has 0 aliphatic carbocycles. The summed E-state index contributed by atoms with van der Waals surface area (Å²) in [6, 6.07) is 9.41. The SMILES string of the molecule is CC(=O)NC[C@@H]1CCN(c2ccc(-c3ccccc3CO)c(F)c2F)C1=O. The van der Waals surface area contributed by atoms with Crippen LogP contribution < -0.4 is 10.2 Å². The molecule has 27 heavy (non-hydrogen) atoms. The molecule has 0 radical (unpaired) electrons.